The summed E-state index contributed by atoms with van der Waals surface area (Å²) in [7, 11) is -4.22. The van der Waals surface area contributed by atoms with Crippen molar-refractivity contribution in [1.82, 2.24) is 10.2 Å². The molecular formula is C26H26Cl3N3O4S. The van der Waals surface area contributed by atoms with Gasteiger partial charge in [0.1, 0.15) is 12.6 Å². The zero-order valence-electron chi connectivity index (χ0n) is 20.2. The summed E-state index contributed by atoms with van der Waals surface area (Å²) in [5.41, 5.74) is 0.683. The van der Waals surface area contributed by atoms with Gasteiger partial charge in [0.25, 0.3) is 10.0 Å². The minimum Gasteiger partial charge on any atom is -0.355 e. The van der Waals surface area contributed by atoms with Crippen LogP contribution in [0.4, 0.5) is 5.69 Å². The van der Waals surface area contributed by atoms with E-state index in [0.29, 0.717) is 22.2 Å². The lowest BCUT2D eigenvalue weighted by atomic mass is 10.1. The first-order valence-electron chi connectivity index (χ1n) is 11.4. The molecule has 37 heavy (non-hydrogen) atoms. The van der Waals surface area contributed by atoms with E-state index in [1.807, 2.05) is 0 Å². The highest BCUT2D eigenvalue weighted by atomic mass is 35.5. The Balaban J connectivity index is 2.07. The molecule has 0 unspecified atom stereocenters. The van der Waals surface area contributed by atoms with Crippen molar-refractivity contribution in [3.63, 3.8) is 0 Å². The minimum atomic E-state index is -4.22. The summed E-state index contributed by atoms with van der Waals surface area (Å²) in [5.74, 6) is -1.01. The van der Waals surface area contributed by atoms with Crippen LogP contribution in [0.15, 0.2) is 77.7 Å². The molecule has 2 amide bonds. The summed E-state index contributed by atoms with van der Waals surface area (Å²) in [6.45, 7) is 3.08. The Labute approximate surface area is 232 Å². The molecule has 0 heterocycles. The second-order valence-electron chi connectivity index (χ2n) is 8.10. The maximum Gasteiger partial charge on any atom is 0.264 e. The van der Waals surface area contributed by atoms with Gasteiger partial charge in [-0.2, -0.15) is 0 Å². The van der Waals surface area contributed by atoms with Crippen LogP contribution in [-0.4, -0.2) is 44.3 Å². The van der Waals surface area contributed by atoms with Crippen LogP contribution in [0.5, 0.6) is 0 Å². The highest BCUT2D eigenvalue weighted by molar-refractivity contribution is 7.92. The van der Waals surface area contributed by atoms with Gasteiger partial charge in [0.2, 0.25) is 11.8 Å². The number of nitrogens with zero attached hydrogens (tertiary/aromatic N) is 2. The highest BCUT2D eigenvalue weighted by Gasteiger charge is 2.33. The maximum absolute atomic E-state index is 13.8. The lowest BCUT2D eigenvalue weighted by Crippen LogP contribution is -2.51. The quantitative estimate of drug-likeness (QED) is 0.347. The summed E-state index contributed by atoms with van der Waals surface area (Å²) in [4.78, 5) is 27.8. The van der Waals surface area contributed by atoms with Crippen LogP contribution in [0.1, 0.15) is 19.4 Å². The number of benzene rings is 3. The predicted molar refractivity (Wildman–Crippen MR) is 148 cm³/mol. The van der Waals surface area contributed by atoms with Gasteiger partial charge in [-0.05, 0) is 55.8 Å². The van der Waals surface area contributed by atoms with Crippen molar-refractivity contribution in [2.24, 2.45) is 0 Å². The van der Waals surface area contributed by atoms with E-state index in [2.05, 4.69) is 5.32 Å². The molecule has 1 N–H and O–H groups in total. The molecule has 0 aromatic heterocycles. The molecule has 196 valence electrons. The Morgan fingerprint density at radius 2 is 1.57 bits per heavy atom. The molecule has 0 saturated carbocycles. The molecule has 0 aliphatic carbocycles. The van der Waals surface area contributed by atoms with E-state index < -0.39 is 28.5 Å². The Hall–Kier alpha value is -2.78. The van der Waals surface area contributed by atoms with Gasteiger partial charge in [0, 0.05) is 23.1 Å². The van der Waals surface area contributed by atoms with Gasteiger partial charge in [-0.3, -0.25) is 13.9 Å². The third-order valence-electron chi connectivity index (χ3n) is 5.61. The third-order valence-corrected chi connectivity index (χ3v) is 8.29. The first kappa shape index (κ1) is 28.8. The fourth-order valence-corrected chi connectivity index (χ4v) is 5.84. The van der Waals surface area contributed by atoms with Gasteiger partial charge in [-0.1, -0.05) is 71.2 Å². The van der Waals surface area contributed by atoms with Crippen LogP contribution < -0.4 is 9.62 Å². The van der Waals surface area contributed by atoms with Gasteiger partial charge < -0.3 is 10.2 Å². The Morgan fingerprint density at radius 3 is 2.19 bits per heavy atom. The summed E-state index contributed by atoms with van der Waals surface area (Å²) < 4.78 is 28.3. The van der Waals surface area contributed by atoms with Gasteiger partial charge in [0.15, 0.2) is 0 Å². The first-order valence-corrected chi connectivity index (χ1v) is 14.0. The molecule has 3 aromatic rings. The van der Waals surface area contributed by atoms with Crippen molar-refractivity contribution >= 4 is 62.3 Å². The van der Waals surface area contributed by atoms with Crippen molar-refractivity contribution in [3.05, 3.63) is 93.4 Å². The van der Waals surface area contributed by atoms with E-state index in [-0.39, 0.29) is 28.1 Å². The Bertz CT molecular complexity index is 1370. The van der Waals surface area contributed by atoms with Gasteiger partial charge in [0.05, 0.1) is 15.6 Å². The number of nitrogens with one attached hydrogen (secondary N) is 1. The number of amides is 2. The van der Waals surface area contributed by atoms with Gasteiger partial charge in [-0.15, -0.1) is 0 Å². The van der Waals surface area contributed by atoms with E-state index >= 15 is 0 Å². The normalized spacial score (nSPS) is 12.0. The molecule has 0 radical (unpaired) electrons. The number of anilines is 1. The number of hydrogen-bond donors (Lipinski definition) is 1. The average Bonchev–Trinajstić information content (AvgIpc) is 2.87. The molecule has 11 heteroatoms. The largest absolute Gasteiger partial charge is 0.355 e. The molecule has 0 bridgehead atoms. The molecule has 0 spiro atoms. The van der Waals surface area contributed by atoms with Crippen molar-refractivity contribution in [2.45, 2.75) is 31.3 Å². The standard InChI is InChI=1S/C26H26Cl3N3O4S/c1-3-30-26(34)18(2)31(16-19-9-7-8-12-22(19)28)25(33)17-32(24-14-13-20(27)15-23(24)29)37(35,36)21-10-5-4-6-11-21/h4-15,18H,3,16-17H2,1-2H3,(H,30,34)/t18-/m1/s1. The number of hydrogen-bond acceptors (Lipinski definition) is 4. The van der Waals surface area contributed by atoms with Crippen LogP contribution in [0.3, 0.4) is 0 Å². The topological polar surface area (TPSA) is 86.8 Å². The van der Waals surface area contributed by atoms with Gasteiger partial charge >= 0.3 is 0 Å². The summed E-state index contributed by atoms with van der Waals surface area (Å²) in [5, 5.41) is 3.48. The maximum atomic E-state index is 13.8. The fraction of sp³-hybridized carbons (Fsp3) is 0.231. The molecule has 3 rings (SSSR count). The van der Waals surface area contributed by atoms with E-state index in [1.165, 1.54) is 35.2 Å². The fourth-order valence-electron chi connectivity index (χ4n) is 3.63. The minimum absolute atomic E-state index is 0.00954. The van der Waals surface area contributed by atoms with Crippen molar-refractivity contribution in [3.8, 4) is 0 Å². The van der Waals surface area contributed by atoms with Crippen LogP contribution in [0.2, 0.25) is 15.1 Å². The smallest absolute Gasteiger partial charge is 0.264 e. The average molecular weight is 583 g/mol. The van der Waals surface area contributed by atoms with Crippen LogP contribution in [0, 0.1) is 0 Å². The summed E-state index contributed by atoms with van der Waals surface area (Å²) in [6, 6.07) is 18.0. The van der Waals surface area contributed by atoms with Crippen molar-refractivity contribution in [1.29, 1.82) is 0 Å². The number of likely N-dealkylation sites (N-methyl/N-ethyl adjacent to an activating group) is 1. The second kappa shape index (κ2) is 12.6. The number of halogens is 3. The number of carbonyl (C=O) groups excluding carboxylic acids is 2. The van der Waals surface area contributed by atoms with Gasteiger partial charge in [-0.25, -0.2) is 8.42 Å². The first-order chi connectivity index (χ1) is 17.6. The Morgan fingerprint density at radius 1 is 0.919 bits per heavy atom. The molecule has 0 saturated heterocycles. The van der Waals surface area contributed by atoms with E-state index in [4.69, 9.17) is 34.8 Å². The highest BCUT2D eigenvalue weighted by Crippen LogP contribution is 2.33. The van der Waals surface area contributed by atoms with E-state index in [9.17, 15) is 18.0 Å². The molecule has 7 nitrogen and oxygen atoms in total. The van der Waals surface area contributed by atoms with E-state index in [1.54, 1.807) is 56.3 Å². The third kappa shape index (κ3) is 6.96. The molecule has 0 aliphatic heterocycles. The molecule has 0 aliphatic rings. The monoisotopic (exact) mass is 581 g/mol. The second-order valence-corrected chi connectivity index (χ2v) is 11.2. The molecule has 0 fully saturated rings. The Kier molecular flexibility index (Phi) is 9.84. The van der Waals surface area contributed by atoms with Crippen LogP contribution >= 0.6 is 34.8 Å². The molecule has 1 atom stereocenters. The zero-order valence-corrected chi connectivity index (χ0v) is 23.3. The molecule has 3 aromatic carbocycles. The van der Waals surface area contributed by atoms with Crippen molar-refractivity contribution in [2.75, 3.05) is 17.4 Å². The summed E-state index contributed by atoms with van der Waals surface area (Å²) in [6.07, 6.45) is 0. The summed E-state index contributed by atoms with van der Waals surface area (Å²) >= 11 is 18.8. The number of rotatable bonds is 10. The van der Waals surface area contributed by atoms with Crippen LogP contribution in [0.25, 0.3) is 0 Å². The zero-order chi connectivity index (χ0) is 27.2. The number of carbonyl (C=O) groups is 2. The van der Waals surface area contributed by atoms with E-state index in [0.717, 1.165) is 4.31 Å². The molecular weight excluding hydrogens is 557 g/mol. The lowest BCUT2D eigenvalue weighted by molar-refractivity contribution is -0.139. The lowest BCUT2D eigenvalue weighted by Gasteiger charge is -2.32. The SMILES string of the molecule is CCNC(=O)[C@@H](C)N(Cc1ccccc1Cl)C(=O)CN(c1ccc(Cl)cc1Cl)S(=O)(=O)c1ccccc1. The predicted octanol–water partition coefficient (Wildman–Crippen LogP) is 5.40. The van der Waals surface area contributed by atoms with Crippen LogP contribution in [-0.2, 0) is 26.2 Å². The number of sulfonamides is 1. The van der Waals surface area contributed by atoms with Crippen molar-refractivity contribution < 1.29 is 18.0 Å².